The fraction of sp³-hybridized carbons (Fsp3) is 0.476. The van der Waals surface area contributed by atoms with Crippen LogP contribution in [0.3, 0.4) is 0 Å². The first-order chi connectivity index (χ1) is 11.7. The lowest BCUT2D eigenvalue weighted by Gasteiger charge is -2.32. The monoisotopic (exact) mass is 325 g/mol. The summed E-state index contributed by atoms with van der Waals surface area (Å²) in [7, 11) is 1.79. The topological polar surface area (TPSA) is 38.3 Å². The van der Waals surface area contributed by atoms with E-state index in [0.29, 0.717) is 12.0 Å². The average Bonchev–Trinajstić information content (AvgIpc) is 2.63. The Kier molecular flexibility index (Phi) is 5.52. The van der Waals surface area contributed by atoms with E-state index in [1.807, 2.05) is 24.3 Å². The lowest BCUT2D eigenvalue weighted by Crippen LogP contribution is -2.33. The Hall–Kier alpha value is -1.87. The van der Waals surface area contributed by atoms with Crippen LogP contribution < -0.4 is 5.32 Å². The zero-order valence-electron chi connectivity index (χ0n) is 14.6. The van der Waals surface area contributed by atoms with Crippen LogP contribution >= 0.6 is 0 Å². The van der Waals surface area contributed by atoms with Gasteiger partial charge in [-0.15, -0.1) is 0 Å². The van der Waals surface area contributed by atoms with Gasteiger partial charge in [0.1, 0.15) is 0 Å². The predicted octanol–water partition coefficient (Wildman–Crippen LogP) is 5.01. The van der Waals surface area contributed by atoms with Gasteiger partial charge in [-0.05, 0) is 49.5 Å². The van der Waals surface area contributed by atoms with Crippen LogP contribution in [-0.4, -0.2) is 19.1 Å². The third-order valence-electron chi connectivity index (χ3n) is 5.45. The van der Waals surface area contributed by atoms with Crippen molar-refractivity contribution in [3.8, 4) is 0 Å². The summed E-state index contributed by atoms with van der Waals surface area (Å²) in [5.74, 6) is 0.716. The summed E-state index contributed by atoms with van der Waals surface area (Å²) in [5.41, 5.74) is 0.919. The fourth-order valence-electron chi connectivity index (χ4n) is 4.02. The summed E-state index contributed by atoms with van der Waals surface area (Å²) in [6, 6.07) is 14.3. The normalized spacial score (nSPS) is 22.2. The molecule has 0 saturated heterocycles. The first-order valence-corrected chi connectivity index (χ1v) is 9.04. The highest BCUT2D eigenvalue weighted by Crippen LogP contribution is 2.34. The number of anilines is 1. The summed E-state index contributed by atoms with van der Waals surface area (Å²) >= 11 is 0. The van der Waals surface area contributed by atoms with Crippen LogP contribution in [0.5, 0.6) is 0 Å². The number of methoxy groups -OCH3 is 1. The molecule has 1 aliphatic rings. The minimum Gasteiger partial charge on any atom is -0.381 e. The number of benzene rings is 2. The van der Waals surface area contributed by atoms with E-state index in [2.05, 4.69) is 30.4 Å². The second-order valence-electron chi connectivity index (χ2n) is 6.80. The van der Waals surface area contributed by atoms with Gasteiger partial charge < -0.3 is 10.1 Å². The van der Waals surface area contributed by atoms with Crippen LogP contribution in [0.25, 0.3) is 10.8 Å². The second-order valence-corrected chi connectivity index (χ2v) is 6.80. The summed E-state index contributed by atoms with van der Waals surface area (Å²) < 4.78 is 5.46. The molecule has 1 saturated carbocycles. The maximum absolute atomic E-state index is 12.9. The van der Waals surface area contributed by atoms with Crippen LogP contribution in [0.15, 0.2) is 42.5 Å². The minimum atomic E-state index is 0.0850. The van der Waals surface area contributed by atoms with Gasteiger partial charge in [0.05, 0.1) is 6.10 Å². The molecule has 0 unspecified atom stereocenters. The first-order valence-electron chi connectivity index (χ1n) is 9.04. The van der Waals surface area contributed by atoms with Crippen molar-refractivity contribution in [1.82, 2.24) is 0 Å². The number of nitrogens with one attached hydrogen (secondary N) is 1. The van der Waals surface area contributed by atoms with E-state index in [0.717, 1.165) is 48.6 Å². The molecular weight excluding hydrogens is 298 g/mol. The van der Waals surface area contributed by atoms with Crippen LogP contribution in [0.1, 0.15) is 39.0 Å². The van der Waals surface area contributed by atoms with E-state index in [1.54, 1.807) is 7.11 Å². The number of amides is 1. The Labute approximate surface area is 144 Å². The minimum absolute atomic E-state index is 0.0850. The lowest BCUT2D eigenvalue weighted by atomic mass is 9.77. The van der Waals surface area contributed by atoms with E-state index in [9.17, 15) is 4.79 Å². The zero-order valence-corrected chi connectivity index (χ0v) is 14.6. The summed E-state index contributed by atoms with van der Waals surface area (Å²) in [4.78, 5) is 12.9. The van der Waals surface area contributed by atoms with Gasteiger partial charge in [0.15, 0.2) is 0 Å². The average molecular weight is 325 g/mol. The molecule has 128 valence electrons. The van der Waals surface area contributed by atoms with Crippen molar-refractivity contribution < 1.29 is 9.53 Å². The summed E-state index contributed by atoms with van der Waals surface area (Å²) in [5, 5.41) is 5.45. The molecule has 0 heterocycles. The lowest BCUT2D eigenvalue weighted by molar-refractivity contribution is -0.122. The smallest absolute Gasteiger partial charge is 0.227 e. The molecular formula is C21H27NO2. The molecule has 2 aromatic rings. The third-order valence-corrected chi connectivity index (χ3v) is 5.45. The molecule has 2 aromatic carbocycles. The van der Waals surface area contributed by atoms with Gasteiger partial charge in [0.2, 0.25) is 5.91 Å². The van der Waals surface area contributed by atoms with E-state index >= 15 is 0 Å². The second kappa shape index (κ2) is 7.80. The summed E-state index contributed by atoms with van der Waals surface area (Å²) in [6.07, 6.45) is 5.57. The number of rotatable bonds is 5. The van der Waals surface area contributed by atoms with Gasteiger partial charge in [-0.2, -0.15) is 0 Å². The molecule has 1 fully saturated rings. The fourth-order valence-corrected chi connectivity index (χ4v) is 4.02. The van der Waals surface area contributed by atoms with Gasteiger partial charge in [-0.1, -0.05) is 43.3 Å². The maximum atomic E-state index is 12.9. The zero-order chi connectivity index (χ0) is 16.9. The van der Waals surface area contributed by atoms with Crippen LogP contribution in [-0.2, 0) is 9.53 Å². The van der Waals surface area contributed by atoms with E-state index in [-0.39, 0.29) is 11.8 Å². The maximum Gasteiger partial charge on any atom is 0.227 e. The molecule has 0 radical (unpaired) electrons. The molecule has 1 aliphatic carbocycles. The van der Waals surface area contributed by atoms with Crippen LogP contribution in [0.2, 0.25) is 0 Å². The number of carbonyl (C=O) groups excluding carboxylic acids is 1. The van der Waals surface area contributed by atoms with Crippen LogP contribution in [0, 0.1) is 11.8 Å². The number of carbonyl (C=O) groups is 1. The highest BCUT2D eigenvalue weighted by atomic mass is 16.5. The van der Waals surface area contributed by atoms with Gasteiger partial charge >= 0.3 is 0 Å². The number of hydrogen-bond acceptors (Lipinski definition) is 2. The number of fused-ring (bicyclic) bond motifs is 1. The van der Waals surface area contributed by atoms with Gasteiger partial charge in [0.25, 0.3) is 0 Å². The van der Waals surface area contributed by atoms with E-state index < -0.39 is 0 Å². The summed E-state index contributed by atoms with van der Waals surface area (Å²) in [6.45, 7) is 2.12. The van der Waals surface area contributed by atoms with Crippen LogP contribution in [0.4, 0.5) is 5.69 Å². The van der Waals surface area contributed by atoms with E-state index in [4.69, 9.17) is 4.74 Å². The molecule has 1 N–H and O–H groups in total. The molecule has 3 heteroatoms. The van der Waals surface area contributed by atoms with Gasteiger partial charge in [-0.3, -0.25) is 4.79 Å². The van der Waals surface area contributed by atoms with Gasteiger partial charge in [0, 0.05) is 24.1 Å². The molecule has 3 nitrogen and oxygen atoms in total. The van der Waals surface area contributed by atoms with Crippen molar-refractivity contribution in [2.45, 2.75) is 45.1 Å². The molecule has 0 spiro atoms. The quantitative estimate of drug-likeness (QED) is 0.839. The first kappa shape index (κ1) is 17.0. The SMILES string of the molecule is CC[C@H](C(=O)Nc1cccc2ccccc12)C1CCC(OC)CC1. The van der Waals surface area contributed by atoms with Crippen molar-refractivity contribution in [1.29, 1.82) is 0 Å². The Morgan fingerprint density at radius 1 is 1.12 bits per heavy atom. The Bertz CT molecular complexity index is 684. The van der Waals surface area contributed by atoms with E-state index in [1.165, 1.54) is 0 Å². The molecule has 0 aromatic heterocycles. The molecule has 3 rings (SSSR count). The van der Waals surface area contributed by atoms with Crippen molar-refractivity contribution in [3.05, 3.63) is 42.5 Å². The number of ether oxygens (including phenoxy) is 1. The van der Waals surface area contributed by atoms with Crippen molar-refractivity contribution >= 4 is 22.4 Å². The Morgan fingerprint density at radius 3 is 2.54 bits per heavy atom. The predicted molar refractivity (Wildman–Crippen MR) is 99.1 cm³/mol. The van der Waals surface area contributed by atoms with Crippen molar-refractivity contribution in [2.75, 3.05) is 12.4 Å². The molecule has 0 aliphatic heterocycles. The van der Waals surface area contributed by atoms with Gasteiger partial charge in [-0.25, -0.2) is 0 Å². The highest BCUT2D eigenvalue weighted by Gasteiger charge is 2.31. The molecule has 1 atom stereocenters. The third kappa shape index (κ3) is 3.62. The molecule has 1 amide bonds. The Morgan fingerprint density at radius 2 is 1.83 bits per heavy atom. The molecule has 24 heavy (non-hydrogen) atoms. The van der Waals surface area contributed by atoms with Crippen molar-refractivity contribution in [3.63, 3.8) is 0 Å². The highest BCUT2D eigenvalue weighted by molar-refractivity contribution is 6.02. The van der Waals surface area contributed by atoms with Crippen molar-refractivity contribution in [2.24, 2.45) is 11.8 Å². The molecule has 0 bridgehead atoms. The largest absolute Gasteiger partial charge is 0.381 e. The number of hydrogen-bond donors (Lipinski definition) is 1. The standard InChI is InChI=1S/C21H27NO2/c1-3-18(16-11-13-17(24-2)14-12-16)21(23)22-20-10-6-8-15-7-4-5-9-19(15)20/h4-10,16-18H,3,11-14H2,1-2H3,(H,22,23)/t16?,17?,18-/m0/s1. The Balaban J connectivity index is 1.72.